The maximum Gasteiger partial charge on any atom is 0.372 e. The number of carboxylic acid groups (broad SMARTS) is 2. The minimum atomic E-state index is -1.43. The minimum absolute atomic E-state index is 0.0216. The van der Waals surface area contributed by atoms with Gasteiger partial charge in [-0.25, -0.2) is 4.79 Å². The number of aliphatic hydroxyl groups is 1. The molecule has 0 aromatic carbocycles. The summed E-state index contributed by atoms with van der Waals surface area (Å²) in [4.78, 5) is 34.8. The highest BCUT2D eigenvalue weighted by Gasteiger charge is 2.63. The Morgan fingerprint density at radius 2 is 1.56 bits per heavy atom. The molecule has 0 amide bonds. The molecule has 0 aliphatic heterocycles. The maximum atomic E-state index is 12.1. The van der Waals surface area contributed by atoms with Crippen LogP contribution in [-0.4, -0.2) is 38.6 Å². The molecule has 3 aliphatic rings. The number of ketones is 1. The highest BCUT2D eigenvalue weighted by molar-refractivity contribution is 6.32. The van der Waals surface area contributed by atoms with Gasteiger partial charge in [0.2, 0.25) is 5.78 Å². The molecule has 6 nitrogen and oxygen atoms in total. The molecule has 3 saturated carbocycles. The summed E-state index contributed by atoms with van der Waals surface area (Å²) in [6, 6.07) is 0. The Kier molecular flexibility index (Phi) is 4.94. The van der Waals surface area contributed by atoms with E-state index in [1.165, 1.54) is 0 Å². The van der Waals surface area contributed by atoms with Gasteiger partial charge in [0, 0.05) is 12.8 Å². The number of carbonyl (C=O) groups excluding carboxylic acids is 1. The second-order valence-corrected chi connectivity index (χ2v) is 9.93. The second kappa shape index (κ2) is 6.57. The predicted molar refractivity (Wildman–Crippen MR) is 98.0 cm³/mol. The zero-order valence-electron chi connectivity index (χ0n) is 16.5. The van der Waals surface area contributed by atoms with Gasteiger partial charge in [-0.05, 0) is 80.0 Å². The van der Waals surface area contributed by atoms with Gasteiger partial charge in [-0.2, -0.15) is 0 Å². The molecule has 7 atom stereocenters. The fourth-order valence-corrected chi connectivity index (χ4v) is 7.02. The molecule has 3 aliphatic carbocycles. The van der Waals surface area contributed by atoms with Crippen LogP contribution in [0.25, 0.3) is 0 Å². The molecule has 0 unspecified atom stereocenters. The number of carboxylic acids is 2. The van der Waals surface area contributed by atoms with E-state index in [0.29, 0.717) is 18.3 Å². The van der Waals surface area contributed by atoms with Crippen molar-refractivity contribution in [1.29, 1.82) is 0 Å². The summed E-state index contributed by atoms with van der Waals surface area (Å²) in [5, 5.41) is 29.5. The van der Waals surface area contributed by atoms with Gasteiger partial charge in [0.25, 0.3) is 0 Å². The first-order valence-electron chi connectivity index (χ1n) is 10.1. The van der Waals surface area contributed by atoms with E-state index >= 15 is 0 Å². The van der Waals surface area contributed by atoms with Crippen molar-refractivity contribution in [1.82, 2.24) is 0 Å². The zero-order valence-corrected chi connectivity index (χ0v) is 16.5. The van der Waals surface area contributed by atoms with Gasteiger partial charge in [0.05, 0.1) is 5.60 Å². The Hall–Kier alpha value is -1.43. The van der Waals surface area contributed by atoms with Crippen LogP contribution in [0.5, 0.6) is 0 Å². The van der Waals surface area contributed by atoms with Crippen LogP contribution in [0.1, 0.15) is 72.1 Å². The van der Waals surface area contributed by atoms with Gasteiger partial charge in [-0.3, -0.25) is 9.59 Å². The Bertz CT molecular complexity index is 655. The standard InChI is InChI=1S/C21H32O6/c1-19(11-16(22)18(25)26)12(10-17(23)24)4-5-13-14(19)6-8-20(2)15(13)7-9-21(20,3)27/h12-15,27H,4-11H2,1-3H3,(H,23,24)(H,25,26)/t12-,13+,14-,15-,19-,20-,21-/m0/s1. The van der Waals surface area contributed by atoms with Crippen LogP contribution in [0.15, 0.2) is 0 Å². The van der Waals surface area contributed by atoms with Crippen molar-refractivity contribution in [3.63, 3.8) is 0 Å². The van der Waals surface area contributed by atoms with Crippen molar-refractivity contribution in [2.45, 2.75) is 77.7 Å². The molecule has 0 radical (unpaired) electrons. The monoisotopic (exact) mass is 380 g/mol. The van der Waals surface area contributed by atoms with E-state index in [9.17, 15) is 24.6 Å². The number of hydrogen-bond acceptors (Lipinski definition) is 4. The first-order chi connectivity index (χ1) is 12.4. The third-order valence-corrected chi connectivity index (χ3v) is 8.83. The van der Waals surface area contributed by atoms with Crippen molar-refractivity contribution in [3.05, 3.63) is 0 Å². The molecule has 0 spiro atoms. The van der Waals surface area contributed by atoms with Crippen molar-refractivity contribution in [2.24, 2.45) is 34.5 Å². The molecule has 3 N–H and O–H groups in total. The van der Waals surface area contributed by atoms with Crippen LogP contribution in [-0.2, 0) is 14.4 Å². The predicted octanol–water partition coefficient (Wildman–Crippen LogP) is 3.11. The Morgan fingerprint density at radius 3 is 2.15 bits per heavy atom. The molecular formula is C21H32O6. The van der Waals surface area contributed by atoms with Crippen molar-refractivity contribution in [3.8, 4) is 0 Å². The van der Waals surface area contributed by atoms with Crippen LogP contribution in [0.3, 0.4) is 0 Å². The summed E-state index contributed by atoms with van der Waals surface area (Å²) in [6.07, 6.45) is 4.84. The highest BCUT2D eigenvalue weighted by Crippen LogP contribution is 2.67. The van der Waals surface area contributed by atoms with Crippen LogP contribution in [0, 0.1) is 34.5 Å². The molecule has 152 valence electrons. The van der Waals surface area contributed by atoms with E-state index in [-0.39, 0.29) is 30.1 Å². The lowest BCUT2D eigenvalue weighted by molar-refractivity contribution is -0.161. The van der Waals surface area contributed by atoms with Crippen LogP contribution in [0.2, 0.25) is 0 Å². The van der Waals surface area contributed by atoms with Gasteiger partial charge in [-0.15, -0.1) is 0 Å². The third kappa shape index (κ3) is 3.10. The van der Waals surface area contributed by atoms with Gasteiger partial charge >= 0.3 is 11.9 Å². The smallest absolute Gasteiger partial charge is 0.372 e. The average Bonchev–Trinajstić information content (AvgIpc) is 2.80. The van der Waals surface area contributed by atoms with E-state index in [1.54, 1.807) is 0 Å². The Balaban J connectivity index is 1.94. The van der Waals surface area contributed by atoms with Crippen molar-refractivity contribution in [2.75, 3.05) is 0 Å². The summed E-state index contributed by atoms with van der Waals surface area (Å²) < 4.78 is 0. The number of rotatable bonds is 5. The molecular weight excluding hydrogens is 348 g/mol. The van der Waals surface area contributed by atoms with Gasteiger partial charge < -0.3 is 15.3 Å². The molecule has 0 saturated heterocycles. The highest BCUT2D eigenvalue weighted by atomic mass is 16.4. The lowest BCUT2D eigenvalue weighted by Crippen LogP contribution is -2.55. The van der Waals surface area contributed by atoms with E-state index in [4.69, 9.17) is 5.11 Å². The van der Waals surface area contributed by atoms with Crippen molar-refractivity contribution < 1.29 is 29.7 Å². The first kappa shape index (κ1) is 20.3. The number of carbonyl (C=O) groups is 3. The molecule has 3 rings (SSSR count). The van der Waals surface area contributed by atoms with Crippen LogP contribution >= 0.6 is 0 Å². The molecule has 0 aromatic rings. The molecule has 3 fully saturated rings. The minimum Gasteiger partial charge on any atom is -0.481 e. The summed E-state index contributed by atoms with van der Waals surface area (Å²) in [7, 11) is 0. The lowest BCUT2D eigenvalue weighted by Gasteiger charge is -2.59. The largest absolute Gasteiger partial charge is 0.481 e. The van der Waals surface area contributed by atoms with E-state index in [0.717, 1.165) is 32.1 Å². The Labute approximate surface area is 160 Å². The van der Waals surface area contributed by atoms with E-state index in [1.807, 2.05) is 13.8 Å². The zero-order chi connectivity index (χ0) is 20.2. The molecule has 0 heterocycles. The summed E-state index contributed by atoms with van der Waals surface area (Å²) >= 11 is 0. The van der Waals surface area contributed by atoms with E-state index < -0.39 is 28.7 Å². The summed E-state index contributed by atoms with van der Waals surface area (Å²) in [5.41, 5.74) is -1.48. The van der Waals surface area contributed by atoms with Gasteiger partial charge in [-0.1, -0.05) is 13.8 Å². The van der Waals surface area contributed by atoms with Crippen molar-refractivity contribution >= 4 is 17.7 Å². The summed E-state index contributed by atoms with van der Waals surface area (Å²) in [6.45, 7) is 6.04. The topological polar surface area (TPSA) is 112 Å². The van der Waals surface area contributed by atoms with E-state index in [2.05, 4.69) is 6.92 Å². The lowest BCUT2D eigenvalue weighted by atomic mass is 9.45. The molecule has 6 heteroatoms. The number of fused-ring (bicyclic) bond motifs is 3. The van der Waals surface area contributed by atoms with Crippen LogP contribution in [0.4, 0.5) is 0 Å². The fraction of sp³-hybridized carbons (Fsp3) is 0.857. The second-order valence-electron chi connectivity index (χ2n) is 9.93. The SMILES string of the molecule is C[C@]1(CC(=O)C(=O)O)[C@H](CC(=O)O)CC[C@@H]2[C@@H]1CC[C@@]1(C)[C@H]2CC[C@]1(C)O. The molecule has 0 aromatic heterocycles. The normalized spacial score (nSPS) is 46.4. The maximum absolute atomic E-state index is 12.1. The van der Waals surface area contributed by atoms with Crippen LogP contribution < -0.4 is 0 Å². The van der Waals surface area contributed by atoms with Gasteiger partial charge in [0.1, 0.15) is 0 Å². The number of Topliss-reactive ketones (excluding diaryl/α,β-unsaturated/α-hetero) is 1. The average molecular weight is 380 g/mol. The number of hydrogen-bond donors (Lipinski definition) is 3. The third-order valence-electron chi connectivity index (χ3n) is 8.83. The fourth-order valence-electron chi connectivity index (χ4n) is 7.02. The van der Waals surface area contributed by atoms with Gasteiger partial charge in [0.15, 0.2) is 0 Å². The number of aliphatic carboxylic acids is 2. The molecule has 27 heavy (non-hydrogen) atoms. The quantitative estimate of drug-likeness (QED) is 0.632. The first-order valence-corrected chi connectivity index (χ1v) is 10.1. The Morgan fingerprint density at radius 1 is 0.926 bits per heavy atom. The summed E-state index contributed by atoms with van der Waals surface area (Å²) in [5.74, 6) is -2.54. The molecule has 0 bridgehead atoms.